The standard InChI is InChI=1S/C19H33N3/c1-6-9-17(4)10-7-11-18(5)12-8-13-22-15-19(20-21-22)14-16(2)3/h9,11,15-16H,6-8,10,12-14H2,1-5H3/b17-9+,18-11+. The van der Waals surface area contributed by atoms with Crippen molar-refractivity contribution in [3.05, 3.63) is 35.2 Å². The molecule has 0 saturated carbocycles. The molecule has 0 aromatic carbocycles. The van der Waals surface area contributed by atoms with Crippen molar-refractivity contribution in [2.45, 2.75) is 79.7 Å². The third-order valence-electron chi connectivity index (χ3n) is 3.75. The van der Waals surface area contributed by atoms with Crippen LogP contribution in [0.2, 0.25) is 0 Å². The molecule has 1 rings (SSSR count). The fourth-order valence-electron chi connectivity index (χ4n) is 2.58. The van der Waals surface area contributed by atoms with Crippen molar-refractivity contribution in [2.75, 3.05) is 0 Å². The second kappa shape index (κ2) is 10.4. The molecule has 0 aliphatic rings. The van der Waals surface area contributed by atoms with Crippen LogP contribution in [-0.4, -0.2) is 15.0 Å². The van der Waals surface area contributed by atoms with Crippen molar-refractivity contribution < 1.29 is 0 Å². The van der Waals surface area contributed by atoms with Gasteiger partial charge < -0.3 is 0 Å². The molecule has 0 fully saturated rings. The molecule has 0 saturated heterocycles. The SMILES string of the molecule is CC/C=C(\C)CC/C=C(\C)CCCn1cc(CC(C)C)nn1. The summed E-state index contributed by atoms with van der Waals surface area (Å²) >= 11 is 0. The molecule has 124 valence electrons. The first-order valence-corrected chi connectivity index (χ1v) is 8.71. The van der Waals surface area contributed by atoms with E-state index in [1.807, 2.05) is 4.68 Å². The van der Waals surface area contributed by atoms with E-state index in [0.717, 1.165) is 44.3 Å². The van der Waals surface area contributed by atoms with E-state index in [-0.39, 0.29) is 0 Å². The van der Waals surface area contributed by atoms with Crippen molar-refractivity contribution in [3.8, 4) is 0 Å². The summed E-state index contributed by atoms with van der Waals surface area (Å²) in [6, 6.07) is 0. The molecule has 1 aromatic rings. The third-order valence-corrected chi connectivity index (χ3v) is 3.75. The van der Waals surface area contributed by atoms with Gasteiger partial charge in [0.25, 0.3) is 0 Å². The minimum absolute atomic E-state index is 0.639. The number of aromatic nitrogens is 3. The van der Waals surface area contributed by atoms with E-state index in [0.29, 0.717) is 5.92 Å². The first-order chi connectivity index (χ1) is 10.5. The van der Waals surface area contributed by atoms with Gasteiger partial charge >= 0.3 is 0 Å². The van der Waals surface area contributed by atoms with Crippen LogP contribution >= 0.6 is 0 Å². The van der Waals surface area contributed by atoms with Gasteiger partial charge in [0.05, 0.1) is 5.69 Å². The molecule has 0 aliphatic heterocycles. The summed E-state index contributed by atoms with van der Waals surface area (Å²) in [7, 11) is 0. The minimum Gasteiger partial charge on any atom is -0.252 e. The molecule has 0 spiro atoms. The normalized spacial score (nSPS) is 13.2. The van der Waals surface area contributed by atoms with Crippen LogP contribution in [-0.2, 0) is 13.0 Å². The lowest BCUT2D eigenvalue weighted by molar-refractivity contribution is 0.557. The molecular formula is C19H33N3. The largest absolute Gasteiger partial charge is 0.252 e. The van der Waals surface area contributed by atoms with Crippen LogP contribution in [0.25, 0.3) is 0 Å². The molecule has 1 heterocycles. The lowest BCUT2D eigenvalue weighted by atomic mass is 10.1. The molecule has 0 amide bonds. The van der Waals surface area contributed by atoms with E-state index in [2.05, 4.69) is 63.3 Å². The maximum atomic E-state index is 4.23. The predicted molar refractivity (Wildman–Crippen MR) is 94.8 cm³/mol. The molecule has 0 bridgehead atoms. The highest BCUT2D eigenvalue weighted by Gasteiger charge is 2.03. The number of nitrogens with zero attached hydrogens (tertiary/aromatic N) is 3. The lowest BCUT2D eigenvalue weighted by Crippen LogP contribution is -1.99. The van der Waals surface area contributed by atoms with Crippen molar-refractivity contribution in [2.24, 2.45) is 5.92 Å². The Balaban J connectivity index is 2.25. The molecule has 0 unspecified atom stereocenters. The van der Waals surface area contributed by atoms with E-state index in [1.165, 1.54) is 17.6 Å². The van der Waals surface area contributed by atoms with Gasteiger partial charge in [-0.05, 0) is 58.3 Å². The van der Waals surface area contributed by atoms with Crippen LogP contribution in [0.3, 0.4) is 0 Å². The number of rotatable bonds is 10. The van der Waals surface area contributed by atoms with Crippen LogP contribution in [0.1, 0.15) is 72.4 Å². The maximum absolute atomic E-state index is 4.23. The Labute approximate surface area is 136 Å². The fraction of sp³-hybridized carbons (Fsp3) is 0.684. The van der Waals surface area contributed by atoms with Crippen LogP contribution in [0.5, 0.6) is 0 Å². The van der Waals surface area contributed by atoms with Crippen molar-refractivity contribution in [3.63, 3.8) is 0 Å². The predicted octanol–water partition coefficient (Wildman–Crippen LogP) is 5.34. The number of hydrogen-bond donors (Lipinski definition) is 0. The quantitative estimate of drug-likeness (QED) is 0.546. The van der Waals surface area contributed by atoms with Gasteiger partial charge in [0.2, 0.25) is 0 Å². The molecule has 0 radical (unpaired) electrons. The molecule has 3 nitrogen and oxygen atoms in total. The minimum atomic E-state index is 0.639. The van der Waals surface area contributed by atoms with Crippen molar-refractivity contribution >= 4 is 0 Å². The molecular weight excluding hydrogens is 270 g/mol. The van der Waals surface area contributed by atoms with Crippen LogP contribution < -0.4 is 0 Å². The van der Waals surface area contributed by atoms with E-state index in [9.17, 15) is 0 Å². The summed E-state index contributed by atoms with van der Waals surface area (Å²) < 4.78 is 1.99. The summed E-state index contributed by atoms with van der Waals surface area (Å²) in [5, 5.41) is 8.44. The Morgan fingerprint density at radius 2 is 1.91 bits per heavy atom. The van der Waals surface area contributed by atoms with Crippen LogP contribution in [0, 0.1) is 5.92 Å². The first kappa shape index (κ1) is 18.7. The van der Waals surface area contributed by atoms with E-state index in [4.69, 9.17) is 0 Å². The number of hydrogen-bond acceptors (Lipinski definition) is 2. The smallest absolute Gasteiger partial charge is 0.0829 e. The maximum Gasteiger partial charge on any atom is 0.0829 e. The number of aryl methyl sites for hydroxylation is 1. The summed E-state index contributed by atoms with van der Waals surface area (Å²) in [5.74, 6) is 0.639. The van der Waals surface area contributed by atoms with Gasteiger partial charge in [-0.15, -0.1) is 5.10 Å². The Kier molecular flexibility index (Phi) is 8.79. The van der Waals surface area contributed by atoms with Gasteiger partial charge in [-0.3, -0.25) is 4.68 Å². The highest BCUT2D eigenvalue weighted by Crippen LogP contribution is 2.11. The average molecular weight is 303 g/mol. The van der Waals surface area contributed by atoms with E-state index >= 15 is 0 Å². The Morgan fingerprint density at radius 3 is 2.59 bits per heavy atom. The molecule has 22 heavy (non-hydrogen) atoms. The van der Waals surface area contributed by atoms with Crippen molar-refractivity contribution in [1.82, 2.24) is 15.0 Å². The molecule has 0 atom stereocenters. The van der Waals surface area contributed by atoms with Gasteiger partial charge in [-0.1, -0.05) is 49.3 Å². The monoisotopic (exact) mass is 303 g/mol. The summed E-state index contributed by atoms with van der Waals surface area (Å²) in [4.78, 5) is 0. The lowest BCUT2D eigenvalue weighted by Gasteiger charge is -2.03. The van der Waals surface area contributed by atoms with Gasteiger partial charge in [0, 0.05) is 12.7 Å². The Hall–Kier alpha value is -1.38. The van der Waals surface area contributed by atoms with E-state index in [1.54, 1.807) is 0 Å². The van der Waals surface area contributed by atoms with Gasteiger partial charge in [-0.25, -0.2) is 0 Å². The topological polar surface area (TPSA) is 30.7 Å². The van der Waals surface area contributed by atoms with Gasteiger partial charge in [0.15, 0.2) is 0 Å². The van der Waals surface area contributed by atoms with Crippen LogP contribution in [0.15, 0.2) is 29.5 Å². The molecule has 0 N–H and O–H groups in total. The zero-order valence-electron chi connectivity index (χ0n) is 15.1. The molecule has 0 aliphatic carbocycles. The van der Waals surface area contributed by atoms with E-state index < -0.39 is 0 Å². The van der Waals surface area contributed by atoms with Crippen molar-refractivity contribution in [1.29, 1.82) is 0 Å². The third kappa shape index (κ3) is 8.16. The van der Waals surface area contributed by atoms with Crippen LogP contribution in [0.4, 0.5) is 0 Å². The summed E-state index contributed by atoms with van der Waals surface area (Å²) in [5.41, 5.74) is 4.11. The zero-order chi connectivity index (χ0) is 16.4. The second-order valence-electron chi connectivity index (χ2n) is 6.72. The van der Waals surface area contributed by atoms with Gasteiger partial charge in [-0.2, -0.15) is 0 Å². The Bertz CT molecular complexity index is 481. The average Bonchev–Trinajstić information content (AvgIpc) is 2.85. The Morgan fingerprint density at radius 1 is 1.18 bits per heavy atom. The summed E-state index contributed by atoms with van der Waals surface area (Å²) in [6.07, 6.45) is 13.6. The number of allylic oxidation sites excluding steroid dienone is 4. The van der Waals surface area contributed by atoms with Gasteiger partial charge in [0.1, 0.15) is 0 Å². The highest BCUT2D eigenvalue weighted by molar-refractivity contribution is 5.03. The highest BCUT2D eigenvalue weighted by atomic mass is 15.4. The molecule has 3 heteroatoms. The summed E-state index contributed by atoms with van der Waals surface area (Å²) in [6.45, 7) is 12.1. The second-order valence-corrected chi connectivity index (χ2v) is 6.72. The zero-order valence-corrected chi connectivity index (χ0v) is 15.1. The fourth-order valence-corrected chi connectivity index (χ4v) is 2.58. The first-order valence-electron chi connectivity index (χ1n) is 8.71. The molecule has 1 aromatic heterocycles.